The molecule has 0 fully saturated rings. The van der Waals surface area contributed by atoms with E-state index in [1.165, 1.54) is 4.88 Å². The Balaban J connectivity index is 2.00. The fraction of sp³-hybridized carbons (Fsp3) is 0.357. The van der Waals surface area contributed by atoms with Gasteiger partial charge in [0.15, 0.2) is 0 Å². The van der Waals surface area contributed by atoms with Gasteiger partial charge in [-0.25, -0.2) is 4.98 Å². The van der Waals surface area contributed by atoms with Crippen molar-refractivity contribution in [1.82, 2.24) is 10.3 Å². The molecule has 1 heterocycles. The molecule has 2 N–H and O–H groups in total. The maximum Gasteiger partial charge on any atom is 0.115 e. The summed E-state index contributed by atoms with van der Waals surface area (Å²) in [7, 11) is 0. The smallest absolute Gasteiger partial charge is 0.115 e. The Bertz CT molecular complexity index is 536. The van der Waals surface area contributed by atoms with Crippen molar-refractivity contribution < 1.29 is 5.11 Å². The van der Waals surface area contributed by atoms with E-state index in [9.17, 15) is 5.11 Å². The number of hydrogen-bond acceptors (Lipinski definition) is 4. The quantitative estimate of drug-likeness (QED) is 0.888. The van der Waals surface area contributed by atoms with Gasteiger partial charge < -0.3 is 10.4 Å². The van der Waals surface area contributed by atoms with Crippen LogP contribution in [0.4, 0.5) is 0 Å². The summed E-state index contributed by atoms with van der Waals surface area (Å²) >= 11 is 1.73. The molecule has 0 aliphatic carbocycles. The molecular formula is C14H18N2OS. The molecule has 96 valence electrons. The number of aromatic nitrogens is 1. The Hall–Kier alpha value is -1.39. The molecule has 0 spiro atoms. The lowest BCUT2D eigenvalue weighted by Crippen LogP contribution is -2.17. The zero-order valence-electron chi connectivity index (χ0n) is 10.9. The number of nitrogens with zero attached hydrogens (tertiary/aromatic N) is 1. The standard InChI is InChI=1S/C14H18N2OS/c1-9(12-5-4-6-13(17)7-12)15-8-14-10(2)16-11(3)18-14/h4-7,9,15,17H,8H2,1-3H3. The molecule has 0 aliphatic rings. The molecule has 0 saturated heterocycles. The van der Waals surface area contributed by atoms with E-state index in [0.717, 1.165) is 22.8 Å². The second-order valence-corrected chi connectivity index (χ2v) is 5.73. The van der Waals surface area contributed by atoms with Gasteiger partial charge in [-0.3, -0.25) is 0 Å². The second-order valence-electron chi connectivity index (χ2n) is 4.44. The molecule has 4 heteroatoms. The van der Waals surface area contributed by atoms with Crippen LogP contribution in [0.15, 0.2) is 24.3 Å². The Labute approximate surface area is 112 Å². The monoisotopic (exact) mass is 262 g/mol. The Morgan fingerprint density at radius 2 is 2.17 bits per heavy atom. The lowest BCUT2D eigenvalue weighted by molar-refractivity contribution is 0.472. The van der Waals surface area contributed by atoms with Crippen LogP contribution in [0.1, 0.15) is 34.1 Å². The molecule has 1 aromatic heterocycles. The highest BCUT2D eigenvalue weighted by atomic mass is 32.1. The molecule has 1 atom stereocenters. The SMILES string of the molecule is Cc1nc(C)c(CNC(C)c2cccc(O)c2)s1. The molecule has 0 amide bonds. The molecule has 0 bridgehead atoms. The number of phenols is 1. The normalized spacial score (nSPS) is 12.6. The molecule has 18 heavy (non-hydrogen) atoms. The first-order valence-corrected chi connectivity index (χ1v) is 6.83. The topological polar surface area (TPSA) is 45.2 Å². The van der Waals surface area contributed by atoms with E-state index in [4.69, 9.17) is 0 Å². The zero-order chi connectivity index (χ0) is 13.1. The predicted molar refractivity (Wildman–Crippen MR) is 74.9 cm³/mol. The number of benzene rings is 1. The summed E-state index contributed by atoms with van der Waals surface area (Å²) in [5.41, 5.74) is 2.20. The van der Waals surface area contributed by atoms with Crippen molar-refractivity contribution in [3.63, 3.8) is 0 Å². The van der Waals surface area contributed by atoms with Gasteiger partial charge in [0, 0.05) is 17.5 Å². The minimum atomic E-state index is 0.207. The number of aromatic hydroxyl groups is 1. The van der Waals surface area contributed by atoms with Crippen molar-refractivity contribution >= 4 is 11.3 Å². The Kier molecular flexibility index (Phi) is 3.99. The summed E-state index contributed by atoms with van der Waals surface area (Å²) in [6.45, 7) is 6.98. The average Bonchev–Trinajstić information content (AvgIpc) is 2.65. The maximum atomic E-state index is 9.46. The Morgan fingerprint density at radius 3 is 2.78 bits per heavy atom. The highest BCUT2D eigenvalue weighted by molar-refractivity contribution is 7.11. The van der Waals surface area contributed by atoms with Crippen molar-refractivity contribution in [2.24, 2.45) is 0 Å². The van der Waals surface area contributed by atoms with E-state index in [0.29, 0.717) is 5.75 Å². The lowest BCUT2D eigenvalue weighted by Gasteiger charge is -2.14. The van der Waals surface area contributed by atoms with E-state index in [1.54, 1.807) is 23.5 Å². The number of phenolic OH excluding ortho intramolecular Hbond substituents is 1. The fourth-order valence-electron chi connectivity index (χ4n) is 1.90. The summed E-state index contributed by atoms with van der Waals surface area (Å²) in [5, 5.41) is 14.0. The van der Waals surface area contributed by atoms with E-state index in [2.05, 4.69) is 17.2 Å². The molecule has 0 radical (unpaired) electrons. The minimum absolute atomic E-state index is 0.207. The van der Waals surface area contributed by atoms with Crippen LogP contribution in [0.5, 0.6) is 5.75 Å². The van der Waals surface area contributed by atoms with Crippen LogP contribution in [-0.2, 0) is 6.54 Å². The third-order valence-electron chi connectivity index (χ3n) is 2.94. The summed E-state index contributed by atoms with van der Waals surface area (Å²) in [6.07, 6.45) is 0. The molecule has 1 aromatic carbocycles. The molecule has 0 aliphatic heterocycles. The van der Waals surface area contributed by atoms with Gasteiger partial charge in [-0.2, -0.15) is 0 Å². The van der Waals surface area contributed by atoms with Crippen molar-refractivity contribution in [3.8, 4) is 5.75 Å². The van der Waals surface area contributed by atoms with Crippen molar-refractivity contribution in [1.29, 1.82) is 0 Å². The van der Waals surface area contributed by atoms with Gasteiger partial charge in [0.25, 0.3) is 0 Å². The highest BCUT2D eigenvalue weighted by Gasteiger charge is 2.08. The van der Waals surface area contributed by atoms with Crippen LogP contribution in [-0.4, -0.2) is 10.1 Å². The molecule has 1 unspecified atom stereocenters. The van der Waals surface area contributed by atoms with Gasteiger partial charge in [0.05, 0.1) is 10.7 Å². The van der Waals surface area contributed by atoms with Gasteiger partial charge in [0.1, 0.15) is 5.75 Å². The largest absolute Gasteiger partial charge is 0.508 e. The van der Waals surface area contributed by atoms with E-state index >= 15 is 0 Å². The van der Waals surface area contributed by atoms with Crippen LogP contribution < -0.4 is 5.32 Å². The Morgan fingerprint density at radius 1 is 1.39 bits per heavy atom. The first kappa shape index (κ1) is 13.1. The molecule has 2 rings (SSSR count). The summed E-state index contributed by atoms with van der Waals surface area (Å²) in [5.74, 6) is 0.311. The van der Waals surface area contributed by atoms with Crippen LogP contribution in [0.3, 0.4) is 0 Å². The van der Waals surface area contributed by atoms with E-state index < -0.39 is 0 Å². The lowest BCUT2D eigenvalue weighted by atomic mass is 10.1. The van der Waals surface area contributed by atoms with Crippen molar-refractivity contribution in [2.45, 2.75) is 33.4 Å². The van der Waals surface area contributed by atoms with Crippen LogP contribution in [0, 0.1) is 13.8 Å². The summed E-state index contributed by atoms with van der Waals surface area (Å²) in [6, 6.07) is 7.57. The van der Waals surface area contributed by atoms with Crippen LogP contribution in [0.25, 0.3) is 0 Å². The van der Waals surface area contributed by atoms with Crippen molar-refractivity contribution in [2.75, 3.05) is 0 Å². The zero-order valence-corrected chi connectivity index (χ0v) is 11.7. The second kappa shape index (κ2) is 5.50. The number of thiazole rings is 1. The highest BCUT2D eigenvalue weighted by Crippen LogP contribution is 2.20. The summed E-state index contributed by atoms with van der Waals surface area (Å²) < 4.78 is 0. The third-order valence-corrected chi connectivity index (χ3v) is 4.01. The predicted octanol–water partition coefficient (Wildman–Crippen LogP) is 3.32. The van der Waals surface area contributed by atoms with Crippen molar-refractivity contribution in [3.05, 3.63) is 45.4 Å². The molecule has 0 saturated carbocycles. The first-order chi connectivity index (χ1) is 8.56. The van der Waals surface area contributed by atoms with Crippen LogP contribution >= 0.6 is 11.3 Å². The van der Waals surface area contributed by atoms with Crippen LogP contribution in [0.2, 0.25) is 0 Å². The van der Waals surface area contributed by atoms with Gasteiger partial charge in [0.2, 0.25) is 0 Å². The number of rotatable bonds is 4. The van der Waals surface area contributed by atoms with Gasteiger partial charge >= 0.3 is 0 Å². The molecule has 3 nitrogen and oxygen atoms in total. The summed E-state index contributed by atoms with van der Waals surface area (Å²) in [4.78, 5) is 5.69. The van der Waals surface area contributed by atoms with Gasteiger partial charge in [-0.05, 0) is 38.5 Å². The third kappa shape index (κ3) is 3.09. The number of aryl methyl sites for hydroxylation is 2. The van der Waals surface area contributed by atoms with Gasteiger partial charge in [-0.15, -0.1) is 11.3 Å². The fourth-order valence-corrected chi connectivity index (χ4v) is 2.78. The molecular weight excluding hydrogens is 244 g/mol. The molecule has 2 aromatic rings. The minimum Gasteiger partial charge on any atom is -0.508 e. The van der Waals surface area contributed by atoms with Gasteiger partial charge in [-0.1, -0.05) is 12.1 Å². The van der Waals surface area contributed by atoms with E-state index in [-0.39, 0.29) is 6.04 Å². The maximum absolute atomic E-state index is 9.46. The average molecular weight is 262 g/mol. The first-order valence-electron chi connectivity index (χ1n) is 6.01. The number of hydrogen-bond donors (Lipinski definition) is 2. The van der Waals surface area contributed by atoms with E-state index in [1.807, 2.05) is 26.0 Å². The number of nitrogens with one attached hydrogen (secondary N) is 1.